The molecule has 1 aliphatic rings. The Morgan fingerprint density at radius 2 is 0.646 bits per heavy atom. The van der Waals surface area contributed by atoms with Crippen LogP contribution < -0.4 is 40.2 Å². The number of carbonyl (C=O) groups is 3. The lowest BCUT2D eigenvalue weighted by atomic mass is 9.80. The van der Waals surface area contributed by atoms with E-state index in [-0.39, 0.29) is 39.4 Å². The molecule has 0 unspecified atom stereocenters. The monoisotopic (exact) mass is 860 g/mol. The third kappa shape index (κ3) is 8.99. The lowest BCUT2D eigenvalue weighted by Crippen LogP contribution is -2.25. The van der Waals surface area contributed by atoms with Crippen LogP contribution in [0.4, 0.5) is 45.5 Å². The van der Waals surface area contributed by atoms with Crippen molar-refractivity contribution in [2.75, 3.05) is 35.5 Å². The van der Waals surface area contributed by atoms with Crippen LogP contribution in [0.15, 0.2) is 176 Å². The standard InChI is InChI=1S/C53H40N4O8/c1-62-37-20-10-33(11-21-37)54-43-28-30-45(56-35-14-24-41(25-15-35)64-39-6-4-3-5-7-39)49-47(43)51(58)48-44(55-34-12-22-38(63-2)23-13-34)29-31-46(50(48)52(49)59)57-36-16-26-42(27-17-36)65-40-18-8-32(9-19-40)53(60)61/h3-31,54-57H,1-2H3,(H,60,61). The van der Waals surface area contributed by atoms with Gasteiger partial charge in [-0.25, -0.2) is 4.79 Å². The van der Waals surface area contributed by atoms with Gasteiger partial charge in [0, 0.05) is 22.7 Å². The van der Waals surface area contributed by atoms with Crippen molar-refractivity contribution in [3.63, 3.8) is 0 Å². The summed E-state index contributed by atoms with van der Waals surface area (Å²) in [5, 5.41) is 22.9. The van der Waals surface area contributed by atoms with Gasteiger partial charge in [-0.05, 0) is 158 Å². The Labute approximate surface area is 374 Å². The fraction of sp³-hybridized carbons (Fsp3) is 0.0377. The number of nitrogens with one attached hydrogen (secondary N) is 4. The van der Waals surface area contributed by atoms with Crippen LogP contribution >= 0.6 is 0 Å². The topological polar surface area (TPSA) is 156 Å². The molecule has 0 atom stereocenters. The van der Waals surface area contributed by atoms with Gasteiger partial charge in [-0.15, -0.1) is 0 Å². The first-order chi connectivity index (χ1) is 31.7. The third-order valence-corrected chi connectivity index (χ3v) is 10.6. The maximum absolute atomic E-state index is 15.4. The molecule has 0 heterocycles. The number of anilines is 8. The summed E-state index contributed by atoms with van der Waals surface area (Å²) >= 11 is 0. The van der Waals surface area contributed by atoms with Gasteiger partial charge in [0.1, 0.15) is 34.5 Å². The molecule has 0 saturated carbocycles. The summed E-state index contributed by atoms with van der Waals surface area (Å²) < 4.78 is 22.7. The van der Waals surface area contributed by atoms with Gasteiger partial charge in [-0.2, -0.15) is 0 Å². The van der Waals surface area contributed by atoms with E-state index in [1.165, 1.54) is 12.1 Å². The van der Waals surface area contributed by atoms with Crippen LogP contribution in [0.25, 0.3) is 0 Å². The summed E-state index contributed by atoms with van der Waals surface area (Å²) in [6.45, 7) is 0. The maximum atomic E-state index is 15.4. The summed E-state index contributed by atoms with van der Waals surface area (Å²) in [6.07, 6.45) is 0. The smallest absolute Gasteiger partial charge is 0.335 e. The van der Waals surface area contributed by atoms with E-state index in [0.717, 1.165) is 0 Å². The summed E-state index contributed by atoms with van der Waals surface area (Å²) in [6, 6.07) is 51.7. The van der Waals surface area contributed by atoms with Crippen molar-refractivity contribution in [3.8, 4) is 34.5 Å². The van der Waals surface area contributed by atoms with Crippen LogP contribution in [-0.4, -0.2) is 36.9 Å². The largest absolute Gasteiger partial charge is 0.497 e. The molecule has 0 spiro atoms. The molecule has 5 N–H and O–H groups in total. The van der Waals surface area contributed by atoms with E-state index in [9.17, 15) is 9.90 Å². The van der Waals surface area contributed by atoms with Crippen LogP contribution in [0, 0.1) is 0 Å². The number of hydrogen-bond acceptors (Lipinski definition) is 11. The SMILES string of the molecule is COc1ccc(Nc2ccc(Nc3ccc(Oc4ccccc4)cc3)c3c2C(=O)c2c(Nc4ccc(OC)cc4)ccc(Nc4ccc(Oc5ccc(C(=O)O)cc5)cc4)c2C3=O)cc1. The Kier molecular flexibility index (Phi) is 11.5. The van der Waals surface area contributed by atoms with Gasteiger partial charge < -0.3 is 45.3 Å². The van der Waals surface area contributed by atoms with Crippen molar-refractivity contribution in [1.82, 2.24) is 0 Å². The number of rotatable bonds is 15. The minimum Gasteiger partial charge on any atom is -0.497 e. The highest BCUT2D eigenvalue weighted by Gasteiger charge is 2.38. The van der Waals surface area contributed by atoms with Gasteiger partial charge in [0.15, 0.2) is 11.6 Å². The first-order valence-electron chi connectivity index (χ1n) is 20.5. The number of benzene rings is 8. The van der Waals surface area contributed by atoms with Crippen molar-refractivity contribution >= 4 is 63.0 Å². The Morgan fingerprint density at radius 3 is 0.938 bits per heavy atom. The zero-order valence-electron chi connectivity index (χ0n) is 35.0. The van der Waals surface area contributed by atoms with E-state index < -0.39 is 5.97 Å². The summed E-state index contributed by atoms with van der Waals surface area (Å²) in [5.74, 6) is 1.85. The first-order valence-corrected chi connectivity index (χ1v) is 20.5. The van der Waals surface area contributed by atoms with Crippen LogP contribution in [0.2, 0.25) is 0 Å². The fourth-order valence-corrected chi connectivity index (χ4v) is 7.42. The zero-order valence-corrected chi connectivity index (χ0v) is 35.0. The second-order valence-electron chi connectivity index (χ2n) is 14.8. The van der Waals surface area contributed by atoms with E-state index >= 15 is 9.59 Å². The molecular formula is C53H40N4O8. The van der Waals surface area contributed by atoms with Crippen molar-refractivity contribution < 1.29 is 38.4 Å². The summed E-state index contributed by atoms with van der Waals surface area (Å²) in [4.78, 5) is 42.1. The molecule has 9 rings (SSSR count). The average Bonchev–Trinajstić information content (AvgIpc) is 3.33. The predicted molar refractivity (Wildman–Crippen MR) is 252 cm³/mol. The number of fused-ring (bicyclic) bond motifs is 2. The third-order valence-electron chi connectivity index (χ3n) is 10.6. The fourth-order valence-electron chi connectivity index (χ4n) is 7.42. The number of carboxylic acid groups (broad SMARTS) is 1. The average molecular weight is 861 g/mol. The first kappa shape index (κ1) is 41.3. The zero-order chi connectivity index (χ0) is 44.9. The molecule has 65 heavy (non-hydrogen) atoms. The molecule has 12 nitrogen and oxygen atoms in total. The Hall–Kier alpha value is -9.03. The maximum Gasteiger partial charge on any atom is 0.335 e. The van der Waals surface area contributed by atoms with Crippen molar-refractivity contribution in [2.45, 2.75) is 0 Å². The van der Waals surface area contributed by atoms with Gasteiger partial charge in [0.2, 0.25) is 0 Å². The second-order valence-corrected chi connectivity index (χ2v) is 14.8. The van der Waals surface area contributed by atoms with Crippen LogP contribution in [-0.2, 0) is 0 Å². The molecule has 8 aromatic rings. The Balaban J connectivity index is 1.11. The number of aromatic carboxylic acids is 1. The van der Waals surface area contributed by atoms with E-state index in [4.69, 9.17) is 18.9 Å². The Morgan fingerprint density at radius 1 is 0.369 bits per heavy atom. The van der Waals surface area contributed by atoms with Crippen LogP contribution in [0.1, 0.15) is 42.2 Å². The normalized spacial score (nSPS) is 11.4. The molecule has 0 bridgehead atoms. The molecule has 0 aliphatic heterocycles. The predicted octanol–water partition coefficient (Wildman–Crippen LogP) is 12.7. The molecule has 1 aliphatic carbocycles. The van der Waals surface area contributed by atoms with E-state index in [1.54, 1.807) is 87.0 Å². The van der Waals surface area contributed by atoms with E-state index in [1.807, 2.05) is 91.0 Å². The highest BCUT2D eigenvalue weighted by Crippen LogP contribution is 2.44. The minimum atomic E-state index is -1.03. The van der Waals surface area contributed by atoms with Crippen LogP contribution in [0.3, 0.4) is 0 Å². The summed E-state index contributed by atoms with van der Waals surface area (Å²) in [5.41, 5.74) is 5.25. The second kappa shape index (κ2) is 18.1. The number of ether oxygens (including phenoxy) is 4. The number of methoxy groups -OCH3 is 2. The van der Waals surface area contributed by atoms with Crippen LogP contribution in [0.5, 0.6) is 34.5 Å². The highest BCUT2D eigenvalue weighted by molar-refractivity contribution is 6.35. The van der Waals surface area contributed by atoms with Gasteiger partial charge in [-0.1, -0.05) is 18.2 Å². The lowest BCUT2D eigenvalue weighted by molar-refractivity contribution is 0.0696. The minimum absolute atomic E-state index is 0.150. The molecule has 12 heteroatoms. The number of carbonyl (C=O) groups excluding carboxylic acids is 2. The highest BCUT2D eigenvalue weighted by atomic mass is 16.5. The molecule has 8 aromatic carbocycles. The molecule has 0 amide bonds. The quantitative estimate of drug-likeness (QED) is 0.0666. The summed E-state index contributed by atoms with van der Waals surface area (Å²) in [7, 11) is 3.18. The lowest BCUT2D eigenvalue weighted by Gasteiger charge is -2.27. The van der Waals surface area contributed by atoms with Crippen molar-refractivity contribution in [3.05, 3.63) is 204 Å². The van der Waals surface area contributed by atoms with Crippen molar-refractivity contribution in [1.29, 1.82) is 0 Å². The molecule has 0 fully saturated rings. The van der Waals surface area contributed by atoms with Gasteiger partial charge in [-0.3, -0.25) is 9.59 Å². The van der Waals surface area contributed by atoms with Crippen molar-refractivity contribution in [2.24, 2.45) is 0 Å². The number of para-hydroxylation sites is 1. The molecule has 0 aromatic heterocycles. The van der Waals surface area contributed by atoms with E-state index in [0.29, 0.717) is 80.0 Å². The van der Waals surface area contributed by atoms with Gasteiger partial charge in [0.05, 0.1) is 64.8 Å². The number of hydrogen-bond donors (Lipinski definition) is 5. The molecule has 0 saturated heterocycles. The molecule has 320 valence electrons. The van der Waals surface area contributed by atoms with E-state index in [2.05, 4.69) is 21.3 Å². The van der Waals surface area contributed by atoms with Gasteiger partial charge >= 0.3 is 5.97 Å². The Bertz CT molecular complexity index is 3030. The van der Waals surface area contributed by atoms with Gasteiger partial charge in [0.25, 0.3) is 0 Å². The number of carboxylic acids is 1. The molecular weight excluding hydrogens is 821 g/mol. The molecule has 0 radical (unpaired) electrons. The number of ketones is 2.